The molecule has 0 bridgehead atoms. The van der Waals surface area contributed by atoms with Crippen LogP contribution in [0.2, 0.25) is 0 Å². The summed E-state index contributed by atoms with van der Waals surface area (Å²) in [6.45, 7) is 1.05. The van der Waals surface area contributed by atoms with Crippen molar-refractivity contribution < 1.29 is 9.47 Å². The Morgan fingerprint density at radius 2 is 1.53 bits per heavy atom. The highest BCUT2D eigenvalue weighted by Gasteiger charge is 1.97. The van der Waals surface area contributed by atoms with Crippen LogP contribution in [0.25, 0.3) is 0 Å². The molecule has 2 aromatic carbocycles. The molecule has 0 aliphatic carbocycles. The van der Waals surface area contributed by atoms with Crippen LogP contribution in [0.4, 0.5) is 0 Å². The number of benzene rings is 2. The molecule has 0 fully saturated rings. The predicted octanol–water partition coefficient (Wildman–Crippen LogP) is 4.80. The Morgan fingerprint density at radius 1 is 0.842 bits per heavy atom. The van der Waals surface area contributed by atoms with Gasteiger partial charge in [-0.25, -0.2) is 0 Å². The summed E-state index contributed by atoms with van der Waals surface area (Å²) in [4.78, 5) is 0. The second-order valence-electron chi connectivity index (χ2n) is 3.93. The topological polar surface area (TPSA) is 18.5 Å². The third-order valence-corrected chi connectivity index (χ3v) is 3.64. The lowest BCUT2D eigenvalue weighted by molar-refractivity contribution is 0.217. The van der Waals surface area contributed by atoms with E-state index in [1.165, 1.54) is 5.56 Å². The molecule has 0 radical (unpaired) electrons. The highest BCUT2D eigenvalue weighted by molar-refractivity contribution is 9.10. The van der Waals surface area contributed by atoms with E-state index in [2.05, 4.69) is 31.9 Å². The molecule has 0 spiro atoms. The lowest BCUT2D eigenvalue weighted by atomic mass is 10.2. The molecular weight excluding hydrogens is 372 g/mol. The van der Waals surface area contributed by atoms with Crippen molar-refractivity contribution in [3.05, 3.63) is 58.6 Å². The zero-order valence-electron chi connectivity index (χ0n) is 10.3. The summed E-state index contributed by atoms with van der Waals surface area (Å²) in [5, 5.41) is 0.860. The van der Waals surface area contributed by atoms with Crippen LogP contribution in [0.1, 0.15) is 5.56 Å². The van der Waals surface area contributed by atoms with Crippen LogP contribution in [-0.4, -0.2) is 13.2 Å². The van der Waals surface area contributed by atoms with Gasteiger partial charge in [0.1, 0.15) is 24.7 Å². The number of halogens is 2. The fourth-order valence-corrected chi connectivity index (χ4v) is 2.30. The first-order valence-corrected chi connectivity index (χ1v) is 7.85. The number of alkyl halides is 1. The number of hydrogen-bond acceptors (Lipinski definition) is 2. The van der Waals surface area contributed by atoms with Gasteiger partial charge in [-0.2, -0.15) is 0 Å². The van der Waals surface area contributed by atoms with Crippen molar-refractivity contribution in [3.8, 4) is 11.5 Å². The summed E-state index contributed by atoms with van der Waals surface area (Å²) in [5.74, 6) is 1.70. The molecule has 0 aliphatic heterocycles. The molecule has 0 heterocycles. The molecule has 0 amide bonds. The molecule has 0 atom stereocenters. The van der Waals surface area contributed by atoms with Crippen molar-refractivity contribution in [2.24, 2.45) is 0 Å². The van der Waals surface area contributed by atoms with E-state index in [-0.39, 0.29) is 0 Å². The summed E-state index contributed by atoms with van der Waals surface area (Å²) < 4.78 is 12.2. The molecule has 0 aromatic heterocycles. The highest BCUT2D eigenvalue weighted by atomic mass is 79.9. The first-order chi connectivity index (χ1) is 9.28. The number of ether oxygens (including phenoxy) is 2. The zero-order chi connectivity index (χ0) is 13.5. The van der Waals surface area contributed by atoms with E-state index in [0.717, 1.165) is 21.3 Å². The number of hydrogen-bond donors (Lipinski definition) is 0. The van der Waals surface area contributed by atoms with Crippen molar-refractivity contribution in [2.75, 3.05) is 13.2 Å². The minimum absolute atomic E-state index is 0.524. The predicted molar refractivity (Wildman–Crippen MR) is 84.2 cm³/mol. The van der Waals surface area contributed by atoms with Crippen LogP contribution < -0.4 is 9.47 Å². The lowest BCUT2D eigenvalue weighted by Crippen LogP contribution is -2.08. The molecule has 2 rings (SSSR count). The SMILES string of the molecule is BrCc1ccc(OCCOc2cccc(Br)c2)cc1. The van der Waals surface area contributed by atoms with E-state index in [9.17, 15) is 0 Å². The molecule has 0 N–H and O–H groups in total. The molecule has 2 nitrogen and oxygen atoms in total. The van der Waals surface area contributed by atoms with Gasteiger partial charge in [0, 0.05) is 9.80 Å². The average Bonchev–Trinajstić information content (AvgIpc) is 2.44. The van der Waals surface area contributed by atoms with Crippen LogP contribution in [0.15, 0.2) is 53.0 Å². The quantitative estimate of drug-likeness (QED) is 0.525. The molecule has 4 heteroatoms. The Morgan fingerprint density at radius 3 is 2.16 bits per heavy atom. The normalized spacial score (nSPS) is 10.2. The van der Waals surface area contributed by atoms with Gasteiger partial charge >= 0.3 is 0 Å². The standard InChI is InChI=1S/C15H14Br2O2/c16-11-12-4-6-14(7-5-12)18-8-9-19-15-3-1-2-13(17)10-15/h1-7,10H,8-9,11H2. The minimum atomic E-state index is 0.524. The van der Waals surface area contributed by atoms with E-state index in [1.807, 2.05) is 48.5 Å². The van der Waals surface area contributed by atoms with E-state index in [4.69, 9.17) is 9.47 Å². The first kappa shape index (κ1) is 14.4. The van der Waals surface area contributed by atoms with Gasteiger partial charge in [0.15, 0.2) is 0 Å². The van der Waals surface area contributed by atoms with Crippen molar-refractivity contribution >= 4 is 31.9 Å². The van der Waals surface area contributed by atoms with Gasteiger partial charge in [-0.1, -0.05) is 50.1 Å². The fourth-order valence-electron chi connectivity index (χ4n) is 1.55. The summed E-state index contributed by atoms with van der Waals surface area (Å²) >= 11 is 6.82. The Bertz CT molecular complexity index is 512. The van der Waals surface area contributed by atoms with Crippen molar-refractivity contribution in [3.63, 3.8) is 0 Å². The third kappa shape index (κ3) is 4.88. The van der Waals surface area contributed by atoms with Gasteiger partial charge in [-0.15, -0.1) is 0 Å². The van der Waals surface area contributed by atoms with Crippen molar-refractivity contribution in [1.29, 1.82) is 0 Å². The van der Waals surface area contributed by atoms with Crippen LogP contribution in [0.3, 0.4) is 0 Å². The maximum atomic E-state index is 5.61. The van der Waals surface area contributed by atoms with E-state index in [1.54, 1.807) is 0 Å². The fraction of sp³-hybridized carbons (Fsp3) is 0.200. The van der Waals surface area contributed by atoms with E-state index >= 15 is 0 Å². The maximum Gasteiger partial charge on any atom is 0.122 e. The highest BCUT2D eigenvalue weighted by Crippen LogP contribution is 2.18. The Balaban J connectivity index is 1.74. The molecule has 100 valence electrons. The Labute approximate surface area is 130 Å². The molecule has 0 saturated carbocycles. The van der Waals surface area contributed by atoms with Gasteiger partial charge in [0.25, 0.3) is 0 Å². The average molecular weight is 386 g/mol. The Kier molecular flexibility index (Phi) is 5.73. The minimum Gasteiger partial charge on any atom is -0.490 e. The van der Waals surface area contributed by atoms with Gasteiger partial charge < -0.3 is 9.47 Å². The van der Waals surface area contributed by atoms with Crippen LogP contribution >= 0.6 is 31.9 Å². The van der Waals surface area contributed by atoms with E-state index < -0.39 is 0 Å². The molecule has 19 heavy (non-hydrogen) atoms. The second kappa shape index (κ2) is 7.56. The van der Waals surface area contributed by atoms with Gasteiger partial charge in [0.05, 0.1) is 0 Å². The van der Waals surface area contributed by atoms with Crippen LogP contribution in [0.5, 0.6) is 11.5 Å². The summed E-state index contributed by atoms with van der Waals surface area (Å²) in [6, 6.07) is 15.8. The van der Waals surface area contributed by atoms with Crippen molar-refractivity contribution in [1.82, 2.24) is 0 Å². The molecule has 0 saturated heterocycles. The maximum absolute atomic E-state index is 5.61. The summed E-state index contributed by atoms with van der Waals surface area (Å²) in [7, 11) is 0. The van der Waals surface area contributed by atoms with Crippen LogP contribution in [0, 0.1) is 0 Å². The smallest absolute Gasteiger partial charge is 0.122 e. The van der Waals surface area contributed by atoms with Crippen molar-refractivity contribution in [2.45, 2.75) is 5.33 Å². The monoisotopic (exact) mass is 384 g/mol. The summed E-state index contributed by atoms with van der Waals surface area (Å²) in [6.07, 6.45) is 0. The van der Waals surface area contributed by atoms with Gasteiger partial charge in [0.2, 0.25) is 0 Å². The first-order valence-electron chi connectivity index (χ1n) is 5.94. The third-order valence-electron chi connectivity index (χ3n) is 2.49. The number of rotatable bonds is 6. The van der Waals surface area contributed by atoms with Crippen LogP contribution in [-0.2, 0) is 5.33 Å². The molecular formula is C15H14Br2O2. The zero-order valence-corrected chi connectivity index (χ0v) is 13.5. The molecule has 0 aliphatic rings. The molecule has 2 aromatic rings. The molecule has 0 unspecified atom stereocenters. The lowest BCUT2D eigenvalue weighted by Gasteiger charge is -2.09. The van der Waals surface area contributed by atoms with Gasteiger partial charge in [-0.05, 0) is 35.9 Å². The Hall–Kier alpha value is -1.00. The largest absolute Gasteiger partial charge is 0.490 e. The second-order valence-corrected chi connectivity index (χ2v) is 5.41. The van der Waals surface area contributed by atoms with E-state index in [0.29, 0.717) is 13.2 Å². The summed E-state index contributed by atoms with van der Waals surface area (Å²) in [5.41, 5.74) is 1.23. The van der Waals surface area contributed by atoms with Gasteiger partial charge in [-0.3, -0.25) is 0 Å².